The largest absolute Gasteiger partial charge is 0.0843 e. The first-order valence-corrected chi connectivity index (χ1v) is 10.6. The third-order valence-electron chi connectivity index (χ3n) is 5.78. The van der Waals surface area contributed by atoms with Crippen molar-refractivity contribution >= 4 is 27.5 Å². The molecule has 0 bridgehead atoms. The third-order valence-corrected chi connectivity index (χ3v) is 6.51. The highest BCUT2D eigenvalue weighted by atomic mass is 79.9. The standard InChI is InChI=1S/C26H18BrCl/c27-21-10-5-8-19(15-21)26(20-9-6-11-22(28)16-20)17-18-7-1-2-12-23(18)24-13-3-4-14-25(24)26/h1-16H,17H2. The quantitative estimate of drug-likeness (QED) is 0.297. The Kier molecular flexibility index (Phi) is 4.38. The highest BCUT2D eigenvalue weighted by molar-refractivity contribution is 9.10. The van der Waals surface area contributed by atoms with Crippen LogP contribution in [-0.2, 0) is 11.8 Å². The van der Waals surface area contributed by atoms with E-state index in [4.69, 9.17) is 11.6 Å². The van der Waals surface area contributed by atoms with Crippen LogP contribution < -0.4 is 0 Å². The highest BCUT2D eigenvalue weighted by Gasteiger charge is 2.41. The summed E-state index contributed by atoms with van der Waals surface area (Å²) in [6.45, 7) is 0. The predicted octanol–water partition coefficient (Wildman–Crippen LogP) is 7.66. The van der Waals surface area contributed by atoms with Gasteiger partial charge in [-0.25, -0.2) is 0 Å². The van der Waals surface area contributed by atoms with Gasteiger partial charge in [0.15, 0.2) is 0 Å². The van der Waals surface area contributed by atoms with Crippen molar-refractivity contribution in [3.8, 4) is 11.1 Å². The van der Waals surface area contributed by atoms with E-state index >= 15 is 0 Å². The zero-order chi connectivity index (χ0) is 19.1. The molecule has 4 aromatic rings. The molecule has 1 unspecified atom stereocenters. The summed E-state index contributed by atoms with van der Waals surface area (Å²) in [6, 6.07) is 34.5. The molecule has 0 saturated carbocycles. The molecule has 0 amide bonds. The van der Waals surface area contributed by atoms with Gasteiger partial charge < -0.3 is 0 Å². The summed E-state index contributed by atoms with van der Waals surface area (Å²) < 4.78 is 1.09. The summed E-state index contributed by atoms with van der Waals surface area (Å²) in [5, 5.41) is 0.767. The average molecular weight is 446 g/mol. The Hall–Kier alpha value is -2.35. The van der Waals surface area contributed by atoms with Gasteiger partial charge in [-0.05, 0) is 64.1 Å². The first kappa shape index (κ1) is 17.7. The number of halogens is 2. The molecular formula is C26H18BrCl. The topological polar surface area (TPSA) is 0 Å². The van der Waals surface area contributed by atoms with Crippen molar-refractivity contribution in [3.63, 3.8) is 0 Å². The Balaban J connectivity index is 1.91. The van der Waals surface area contributed by atoms with Gasteiger partial charge in [0.1, 0.15) is 0 Å². The minimum Gasteiger partial charge on any atom is -0.0843 e. The minimum atomic E-state index is -0.292. The SMILES string of the molecule is Clc1cccc(C2(c3cccc(Br)c3)Cc3ccccc3-c3ccccc32)c1. The van der Waals surface area contributed by atoms with Crippen molar-refractivity contribution in [2.75, 3.05) is 0 Å². The maximum absolute atomic E-state index is 6.46. The predicted molar refractivity (Wildman–Crippen MR) is 121 cm³/mol. The molecule has 0 aromatic heterocycles. The molecule has 1 aliphatic carbocycles. The van der Waals surface area contributed by atoms with Crippen LogP contribution in [0, 0.1) is 0 Å². The fraction of sp³-hybridized carbons (Fsp3) is 0.0769. The zero-order valence-corrected chi connectivity index (χ0v) is 17.5. The molecule has 0 nitrogen and oxygen atoms in total. The monoisotopic (exact) mass is 444 g/mol. The second kappa shape index (κ2) is 6.92. The summed E-state index contributed by atoms with van der Waals surface area (Å²) in [5.41, 5.74) is 7.51. The summed E-state index contributed by atoms with van der Waals surface area (Å²) in [4.78, 5) is 0. The van der Waals surface area contributed by atoms with Gasteiger partial charge in [0.25, 0.3) is 0 Å². The first-order chi connectivity index (χ1) is 13.7. The van der Waals surface area contributed by atoms with Crippen LogP contribution in [0.25, 0.3) is 11.1 Å². The molecule has 0 heterocycles. The Morgan fingerprint density at radius 2 is 1.36 bits per heavy atom. The van der Waals surface area contributed by atoms with Gasteiger partial charge in [-0.2, -0.15) is 0 Å². The lowest BCUT2D eigenvalue weighted by Gasteiger charge is -2.41. The maximum atomic E-state index is 6.46. The van der Waals surface area contributed by atoms with Crippen LogP contribution in [0.4, 0.5) is 0 Å². The van der Waals surface area contributed by atoms with E-state index in [1.807, 2.05) is 6.07 Å². The summed E-state index contributed by atoms with van der Waals surface area (Å²) in [5.74, 6) is 0. The Morgan fingerprint density at radius 1 is 0.679 bits per heavy atom. The summed E-state index contributed by atoms with van der Waals surface area (Å²) in [6.07, 6.45) is 0.900. The van der Waals surface area contributed by atoms with Crippen LogP contribution >= 0.6 is 27.5 Å². The van der Waals surface area contributed by atoms with Gasteiger partial charge in [-0.3, -0.25) is 0 Å². The molecule has 2 heteroatoms. The van der Waals surface area contributed by atoms with Crippen LogP contribution in [0.2, 0.25) is 5.02 Å². The third kappa shape index (κ3) is 2.73. The van der Waals surface area contributed by atoms with Crippen molar-refractivity contribution in [1.29, 1.82) is 0 Å². The first-order valence-electron chi connectivity index (χ1n) is 9.38. The second-order valence-electron chi connectivity index (χ2n) is 7.31. The van der Waals surface area contributed by atoms with Crippen LogP contribution in [0.1, 0.15) is 22.3 Å². The van der Waals surface area contributed by atoms with Crippen LogP contribution in [0.5, 0.6) is 0 Å². The van der Waals surface area contributed by atoms with E-state index in [1.54, 1.807) is 0 Å². The molecule has 0 aliphatic heterocycles. The smallest absolute Gasteiger partial charge is 0.0498 e. The van der Waals surface area contributed by atoms with Crippen molar-refractivity contribution in [3.05, 3.63) is 129 Å². The van der Waals surface area contributed by atoms with E-state index in [0.29, 0.717) is 0 Å². The minimum absolute atomic E-state index is 0.292. The summed E-state index contributed by atoms with van der Waals surface area (Å²) >= 11 is 10.1. The van der Waals surface area contributed by atoms with E-state index < -0.39 is 0 Å². The Morgan fingerprint density at radius 3 is 2.14 bits per heavy atom. The number of hydrogen-bond acceptors (Lipinski definition) is 0. The lowest BCUT2D eigenvalue weighted by Crippen LogP contribution is -2.35. The summed E-state index contributed by atoms with van der Waals surface area (Å²) in [7, 11) is 0. The van der Waals surface area contributed by atoms with Gasteiger partial charge in [-0.1, -0.05) is 100 Å². The van der Waals surface area contributed by atoms with Crippen molar-refractivity contribution in [2.24, 2.45) is 0 Å². The Labute approximate surface area is 178 Å². The number of hydrogen-bond donors (Lipinski definition) is 0. The van der Waals surface area contributed by atoms with Crippen molar-refractivity contribution in [2.45, 2.75) is 11.8 Å². The molecule has 4 aromatic carbocycles. The van der Waals surface area contributed by atoms with E-state index in [9.17, 15) is 0 Å². The molecule has 136 valence electrons. The Bertz CT molecular complexity index is 1130. The van der Waals surface area contributed by atoms with Crippen LogP contribution in [0.15, 0.2) is 102 Å². The molecule has 0 spiro atoms. The molecule has 5 rings (SSSR count). The number of fused-ring (bicyclic) bond motifs is 3. The lowest BCUT2D eigenvalue weighted by molar-refractivity contribution is 0.606. The molecule has 0 saturated heterocycles. The zero-order valence-electron chi connectivity index (χ0n) is 15.2. The number of rotatable bonds is 2. The van der Waals surface area contributed by atoms with Gasteiger partial charge >= 0.3 is 0 Å². The van der Waals surface area contributed by atoms with Gasteiger partial charge in [0.05, 0.1) is 0 Å². The lowest BCUT2D eigenvalue weighted by atomic mass is 9.61. The van der Waals surface area contributed by atoms with E-state index in [-0.39, 0.29) is 5.41 Å². The van der Waals surface area contributed by atoms with Crippen LogP contribution in [-0.4, -0.2) is 0 Å². The number of benzene rings is 4. The fourth-order valence-electron chi connectivity index (χ4n) is 4.60. The van der Waals surface area contributed by atoms with Crippen molar-refractivity contribution in [1.82, 2.24) is 0 Å². The van der Waals surface area contributed by atoms with Gasteiger partial charge in [-0.15, -0.1) is 0 Å². The highest BCUT2D eigenvalue weighted by Crippen LogP contribution is 2.51. The molecule has 0 radical (unpaired) electrons. The molecule has 0 N–H and O–H groups in total. The van der Waals surface area contributed by atoms with Crippen molar-refractivity contribution < 1.29 is 0 Å². The van der Waals surface area contributed by atoms with E-state index in [1.165, 1.54) is 33.4 Å². The fourth-order valence-corrected chi connectivity index (χ4v) is 5.19. The molecule has 0 fully saturated rings. The molecular weight excluding hydrogens is 428 g/mol. The molecule has 1 atom stereocenters. The molecule has 28 heavy (non-hydrogen) atoms. The second-order valence-corrected chi connectivity index (χ2v) is 8.66. The van der Waals surface area contributed by atoms with E-state index in [2.05, 4.69) is 107 Å². The van der Waals surface area contributed by atoms with Crippen LogP contribution in [0.3, 0.4) is 0 Å². The molecule has 1 aliphatic rings. The van der Waals surface area contributed by atoms with Gasteiger partial charge in [0.2, 0.25) is 0 Å². The maximum Gasteiger partial charge on any atom is 0.0498 e. The van der Waals surface area contributed by atoms with Gasteiger partial charge in [0, 0.05) is 14.9 Å². The normalized spacial score (nSPS) is 17.6. The van der Waals surface area contributed by atoms with E-state index in [0.717, 1.165) is 15.9 Å². The average Bonchev–Trinajstić information content (AvgIpc) is 2.73.